The summed E-state index contributed by atoms with van der Waals surface area (Å²) in [6.07, 6.45) is 1.75. The van der Waals surface area contributed by atoms with Crippen molar-refractivity contribution in [3.8, 4) is 5.75 Å². The number of amides is 1. The van der Waals surface area contributed by atoms with Crippen LogP contribution in [-0.2, 0) is 13.0 Å². The van der Waals surface area contributed by atoms with Crippen LogP contribution in [0.4, 0.5) is 9.59 Å². The lowest BCUT2D eigenvalue weighted by Gasteiger charge is -2.10. The number of unbranched alkanes of at least 4 members (excludes halogenated alkanes) is 1. The van der Waals surface area contributed by atoms with Crippen LogP contribution in [0.1, 0.15) is 36.5 Å². The topological polar surface area (TPSA) is 113 Å². The molecule has 3 rings (SSSR count). The van der Waals surface area contributed by atoms with Crippen molar-refractivity contribution in [2.75, 3.05) is 0 Å². The molecule has 0 saturated heterocycles. The summed E-state index contributed by atoms with van der Waals surface area (Å²) in [6.45, 7) is 4.40. The summed E-state index contributed by atoms with van der Waals surface area (Å²) < 4.78 is 5.45. The standard InChI is InChI=1S/C21H23N3O5/c1-3-4-6-14-9-10-15(13(2)11-14)12-22-20(26)24-19(25)18-16(23-24)7-5-8-17(18)29-21(27)28/h5,7-11,23H,3-4,6,12H2,1-2H3,(H,22,26)(H,27,28). The van der Waals surface area contributed by atoms with Crippen LogP contribution in [0.2, 0.25) is 0 Å². The minimum Gasteiger partial charge on any atom is -0.449 e. The first kappa shape index (κ1) is 20.2. The molecule has 152 valence electrons. The molecule has 8 nitrogen and oxygen atoms in total. The Hall–Kier alpha value is -3.55. The zero-order valence-electron chi connectivity index (χ0n) is 16.3. The van der Waals surface area contributed by atoms with Crippen molar-refractivity contribution in [3.05, 3.63) is 63.4 Å². The van der Waals surface area contributed by atoms with Crippen LogP contribution in [0.5, 0.6) is 5.75 Å². The molecule has 0 bridgehead atoms. The van der Waals surface area contributed by atoms with Gasteiger partial charge >= 0.3 is 12.2 Å². The van der Waals surface area contributed by atoms with Gasteiger partial charge in [-0.25, -0.2) is 9.59 Å². The maximum absolute atomic E-state index is 12.6. The number of nitrogens with zero attached hydrogens (tertiary/aromatic N) is 1. The number of H-pyrrole nitrogens is 1. The van der Waals surface area contributed by atoms with E-state index in [0.29, 0.717) is 5.52 Å². The average Bonchev–Trinajstić information content (AvgIpc) is 3.02. The van der Waals surface area contributed by atoms with E-state index in [4.69, 9.17) is 5.11 Å². The second-order valence-corrected chi connectivity index (χ2v) is 6.82. The summed E-state index contributed by atoms with van der Waals surface area (Å²) in [5.41, 5.74) is 2.91. The predicted molar refractivity (Wildman–Crippen MR) is 109 cm³/mol. The largest absolute Gasteiger partial charge is 0.511 e. The van der Waals surface area contributed by atoms with Gasteiger partial charge < -0.3 is 15.2 Å². The molecule has 0 aliphatic heterocycles. The molecule has 3 aromatic rings. The molecule has 0 aliphatic rings. The highest BCUT2D eigenvalue weighted by atomic mass is 16.7. The number of hydrogen-bond donors (Lipinski definition) is 3. The highest BCUT2D eigenvalue weighted by Crippen LogP contribution is 2.21. The fourth-order valence-electron chi connectivity index (χ4n) is 3.19. The van der Waals surface area contributed by atoms with Crippen molar-refractivity contribution in [1.29, 1.82) is 0 Å². The molecule has 0 fully saturated rings. The Labute approximate surface area is 167 Å². The van der Waals surface area contributed by atoms with E-state index < -0.39 is 17.7 Å². The minimum absolute atomic E-state index is 0.00140. The number of carboxylic acid groups (broad SMARTS) is 1. The molecule has 0 saturated carbocycles. The SMILES string of the molecule is CCCCc1ccc(CNC(=O)n2[nH]c3cccc(OC(=O)O)c3c2=O)c(C)c1. The number of rotatable bonds is 6. The van der Waals surface area contributed by atoms with Crippen LogP contribution in [-0.4, -0.2) is 27.1 Å². The molecule has 29 heavy (non-hydrogen) atoms. The lowest BCUT2D eigenvalue weighted by atomic mass is 10.0. The summed E-state index contributed by atoms with van der Waals surface area (Å²) in [4.78, 5) is 35.9. The quantitative estimate of drug-likeness (QED) is 0.432. The zero-order chi connectivity index (χ0) is 21.0. The van der Waals surface area contributed by atoms with Crippen LogP contribution >= 0.6 is 0 Å². The Morgan fingerprint density at radius 3 is 2.72 bits per heavy atom. The number of aryl methyl sites for hydroxylation is 2. The number of aromatic nitrogens is 2. The highest BCUT2D eigenvalue weighted by molar-refractivity contribution is 5.89. The number of carbonyl (C=O) groups excluding carboxylic acids is 1. The molecule has 0 unspecified atom stereocenters. The molecule has 8 heteroatoms. The smallest absolute Gasteiger partial charge is 0.449 e. The van der Waals surface area contributed by atoms with E-state index in [1.54, 1.807) is 6.07 Å². The number of ether oxygens (including phenoxy) is 1. The second kappa shape index (κ2) is 8.64. The molecule has 1 heterocycles. The van der Waals surface area contributed by atoms with Crippen LogP contribution in [0, 0.1) is 6.92 Å². The van der Waals surface area contributed by atoms with Crippen LogP contribution in [0.25, 0.3) is 10.9 Å². The summed E-state index contributed by atoms with van der Waals surface area (Å²) in [7, 11) is 0. The van der Waals surface area contributed by atoms with E-state index in [0.717, 1.165) is 35.1 Å². The summed E-state index contributed by atoms with van der Waals surface area (Å²) >= 11 is 0. The Morgan fingerprint density at radius 2 is 2.03 bits per heavy atom. The lowest BCUT2D eigenvalue weighted by molar-refractivity contribution is 0.145. The van der Waals surface area contributed by atoms with Crippen LogP contribution in [0.15, 0.2) is 41.2 Å². The number of aromatic amines is 1. The van der Waals surface area contributed by atoms with Gasteiger partial charge in [0, 0.05) is 6.54 Å². The monoisotopic (exact) mass is 397 g/mol. The van der Waals surface area contributed by atoms with E-state index in [1.807, 2.05) is 13.0 Å². The molecule has 0 atom stereocenters. The first-order valence-electron chi connectivity index (χ1n) is 9.41. The number of fused-ring (bicyclic) bond motifs is 1. The third-order valence-corrected chi connectivity index (χ3v) is 4.73. The first-order valence-corrected chi connectivity index (χ1v) is 9.41. The van der Waals surface area contributed by atoms with Gasteiger partial charge in [0.1, 0.15) is 11.1 Å². The molecule has 0 aliphatic carbocycles. The number of nitrogens with one attached hydrogen (secondary N) is 2. The van der Waals surface area contributed by atoms with Gasteiger partial charge in [-0.05, 0) is 48.6 Å². The van der Waals surface area contributed by atoms with E-state index >= 15 is 0 Å². The van der Waals surface area contributed by atoms with E-state index in [2.05, 4.69) is 34.2 Å². The van der Waals surface area contributed by atoms with Gasteiger partial charge in [-0.3, -0.25) is 9.89 Å². The molecular formula is C21H23N3O5. The summed E-state index contributed by atoms with van der Waals surface area (Å²) in [6, 6.07) is 9.96. The van der Waals surface area contributed by atoms with Crippen LogP contribution < -0.4 is 15.6 Å². The zero-order valence-corrected chi connectivity index (χ0v) is 16.3. The van der Waals surface area contributed by atoms with Gasteiger partial charge in [0.2, 0.25) is 0 Å². The average molecular weight is 397 g/mol. The van der Waals surface area contributed by atoms with Gasteiger partial charge in [-0.15, -0.1) is 0 Å². The van der Waals surface area contributed by atoms with Crippen molar-refractivity contribution in [2.45, 2.75) is 39.7 Å². The van der Waals surface area contributed by atoms with Gasteiger partial charge in [0.25, 0.3) is 5.56 Å². The summed E-state index contributed by atoms with van der Waals surface area (Å²) in [5, 5.41) is 14.2. The van der Waals surface area contributed by atoms with Gasteiger partial charge in [0.15, 0.2) is 0 Å². The maximum atomic E-state index is 12.6. The lowest BCUT2D eigenvalue weighted by Crippen LogP contribution is -2.35. The first-order chi connectivity index (χ1) is 13.9. The molecular weight excluding hydrogens is 374 g/mol. The molecule has 0 radical (unpaired) electrons. The number of benzene rings is 2. The Morgan fingerprint density at radius 1 is 1.24 bits per heavy atom. The summed E-state index contributed by atoms with van der Waals surface area (Å²) in [5.74, 6) is -0.124. The van der Waals surface area contributed by atoms with Crippen LogP contribution in [0.3, 0.4) is 0 Å². The Balaban J connectivity index is 1.78. The van der Waals surface area contributed by atoms with Gasteiger partial charge in [-0.2, -0.15) is 4.68 Å². The Bertz CT molecular complexity index is 1110. The van der Waals surface area contributed by atoms with Crippen molar-refractivity contribution in [3.63, 3.8) is 0 Å². The third kappa shape index (κ3) is 4.48. The van der Waals surface area contributed by atoms with E-state index in [-0.39, 0.29) is 17.7 Å². The van der Waals surface area contributed by atoms with Crippen molar-refractivity contribution >= 4 is 23.1 Å². The molecule has 1 amide bonds. The highest BCUT2D eigenvalue weighted by Gasteiger charge is 2.18. The Kier molecular flexibility index (Phi) is 6.01. The number of hydrogen-bond acceptors (Lipinski definition) is 4. The fourth-order valence-corrected chi connectivity index (χ4v) is 3.19. The van der Waals surface area contributed by atoms with Gasteiger partial charge in [0.05, 0.1) is 5.52 Å². The third-order valence-electron chi connectivity index (χ3n) is 4.73. The number of carbonyl (C=O) groups is 2. The van der Waals surface area contributed by atoms with Crippen molar-refractivity contribution < 1.29 is 19.4 Å². The maximum Gasteiger partial charge on any atom is 0.511 e. The normalized spacial score (nSPS) is 10.8. The second-order valence-electron chi connectivity index (χ2n) is 6.82. The predicted octanol–water partition coefficient (Wildman–Crippen LogP) is 3.80. The van der Waals surface area contributed by atoms with E-state index in [1.165, 1.54) is 17.7 Å². The molecule has 0 spiro atoms. The fraction of sp³-hybridized carbons (Fsp3) is 0.286. The molecule has 3 N–H and O–H groups in total. The van der Waals surface area contributed by atoms with Crippen molar-refractivity contribution in [1.82, 2.24) is 15.1 Å². The van der Waals surface area contributed by atoms with Gasteiger partial charge in [-0.1, -0.05) is 37.6 Å². The molecule has 1 aromatic heterocycles. The minimum atomic E-state index is -1.54. The van der Waals surface area contributed by atoms with E-state index in [9.17, 15) is 14.4 Å². The molecule has 2 aromatic carbocycles. The van der Waals surface area contributed by atoms with Crippen molar-refractivity contribution in [2.24, 2.45) is 0 Å².